The fourth-order valence-corrected chi connectivity index (χ4v) is 4.48. The highest BCUT2D eigenvalue weighted by atomic mass is 16.7. The summed E-state index contributed by atoms with van der Waals surface area (Å²) in [6.45, 7) is 4.18. The van der Waals surface area contributed by atoms with Gasteiger partial charge in [0, 0.05) is 12.5 Å². The van der Waals surface area contributed by atoms with Gasteiger partial charge in [0.15, 0.2) is 11.5 Å². The van der Waals surface area contributed by atoms with Crippen molar-refractivity contribution in [2.45, 2.75) is 51.0 Å². The van der Waals surface area contributed by atoms with Crippen LogP contribution in [0, 0.1) is 5.41 Å². The molecular weight excluding hydrogens is 450 g/mol. The number of carboxylic acids is 1. The first-order valence-electron chi connectivity index (χ1n) is 10.9. The van der Waals surface area contributed by atoms with Crippen molar-refractivity contribution >= 4 is 11.9 Å². The van der Waals surface area contributed by atoms with Gasteiger partial charge < -0.3 is 34.1 Å². The number of carbonyl (C=O) groups excluding carboxylic acids is 1. The second-order valence-electron chi connectivity index (χ2n) is 9.27. The van der Waals surface area contributed by atoms with E-state index in [1.807, 2.05) is 0 Å². The summed E-state index contributed by atoms with van der Waals surface area (Å²) in [5, 5.41) is 23.7. The molecule has 1 aromatic heterocycles. The number of hydrogen-bond acceptors (Lipinski definition) is 10. The van der Waals surface area contributed by atoms with Gasteiger partial charge in [-0.15, -0.1) is 0 Å². The largest absolute Gasteiger partial charge is 0.481 e. The molecule has 0 unspecified atom stereocenters. The van der Waals surface area contributed by atoms with Crippen molar-refractivity contribution in [3.63, 3.8) is 0 Å². The minimum atomic E-state index is -0.941. The third kappa shape index (κ3) is 4.48. The first-order chi connectivity index (χ1) is 16.3. The topological polar surface area (TPSA) is 156 Å². The molecule has 1 amide bonds. The fourth-order valence-electron chi connectivity index (χ4n) is 4.48. The van der Waals surface area contributed by atoms with E-state index in [1.54, 1.807) is 32.0 Å². The number of carboxylic acid groups (broad SMARTS) is 1. The molecule has 2 aromatic rings. The lowest BCUT2D eigenvalue weighted by molar-refractivity contribution is -0.139. The zero-order chi connectivity index (χ0) is 23.9. The van der Waals surface area contributed by atoms with Crippen molar-refractivity contribution in [3.05, 3.63) is 18.2 Å². The Balaban J connectivity index is 1.23. The summed E-state index contributed by atoms with van der Waals surface area (Å²) >= 11 is 0. The van der Waals surface area contributed by atoms with Crippen molar-refractivity contribution < 1.29 is 38.4 Å². The molecule has 34 heavy (non-hydrogen) atoms. The molecule has 2 N–H and O–H groups in total. The maximum Gasteiger partial charge on any atom is 0.341 e. The number of rotatable bonds is 8. The monoisotopic (exact) mass is 475 g/mol. The zero-order valence-electron chi connectivity index (χ0n) is 18.7. The Morgan fingerprint density at radius 3 is 2.79 bits per heavy atom. The first-order valence-corrected chi connectivity index (χ1v) is 10.9. The quantitative estimate of drug-likeness (QED) is 0.559. The molecule has 4 heterocycles. The predicted octanol–water partition coefficient (Wildman–Crippen LogP) is 0.909. The van der Waals surface area contributed by atoms with E-state index in [0.717, 1.165) is 0 Å². The van der Waals surface area contributed by atoms with Gasteiger partial charge in [-0.05, 0) is 28.0 Å². The van der Waals surface area contributed by atoms with Gasteiger partial charge in [-0.25, -0.2) is 0 Å². The van der Waals surface area contributed by atoms with E-state index in [1.165, 1.54) is 4.68 Å². The van der Waals surface area contributed by atoms with Crippen LogP contribution in [0.15, 0.2) is 18.2 Å². The molecule has 5 rings (SSSR count). The normalized spacial score (nSPS) is 25.2. The number of benzene rings is 1. The van der Waals surface area contributed by atoms with Gasteiger partial charge in [0.1, 0.15) is 24.0 Å². The Bertz CT molecular complexity index is 1090. The highest BCUT2D eigenvalue weighted by Gasteiger charge is 2.50. The van der Waals surface area contributed by atoms with Gasteiger partial charge in [0.05, 0.1) is 25.7 Å². The molecule has 3 aliphatic rings. The first kappa shape index (κ1) is 22.3. The van der Waals surface area contributed by atoms with Crippen molar-refractivity contribution in [1.82, 2.24) is 25.5 Å². The van der Waals surface area contributed by atoms with Gasteiger partial charge in [0.2, 0.25) is 12.7 Å². The predicted molar refractivity (Wildman–Crippen MR) is 112 cm³/mol. The standard InChI is InChI=1S/C21H25N5O8/c1-21(2,7-17(28)29)6-16(27)22-12-8-30-19-13(9-31-18(12)19)26-20(23-24-25-26)34-11-3-4-14-15(5-11)33-10-32-14/h3-5,12-13,18-19H,6-10H2,1-2H3,(H,22,27)(H,28,29)/t12-,13-,18+,19+/m0/s1. The maximum absolute atomic E-state index is 12.5. The third-order valence-electron chi connectivity index (χ3n) is 5.97. The third-order valence-corrected chi connectivity index (χ3v) is 5.97. The summed E-state index contributed by atoms with van der Waals surface area (Å²) in [5.74, 6) is 0.506. The summed E-state index contributed by atoms with van der Waals surface area (Å²) in [6.07, 6.45) is -0.798. The van der Waals surface area contributed by atoms with Gasteiger partial charge in [-0.1, -0.05) is 18.9 Å². The summed E-state index contributed by atoms with van der Waals surface area (Å²) in [4.78, 5) is 23.6. The van der Waals surface area contributed by atoms with Crippen LogP contribution in [0.1, 0.15) is 32.7 Å². The fraction of sp³-hybridized carbons (Fsp3) is 0.571. The van der Waals surface area contributed by atoms with Gasteiger partial charge in [-0.2, -0.15) is 4.68 Å². The molecule has 2 saturated heterocycles. The number of aliphatic carboxylic acids is 1. The highest BCUT2D eigenvalue weighted by Crippen LogP contribution is 2.38. The molecule has 0 radical (unpaired) electrons. The Labute approximate surface area is 194 Å². The number of tetrazole rings is 1. The van der Waals surface area contributed by atoms with Crippen LogP contribution in [0.2, 0.25) is 0 Å². The lowest BCUT2D eigenvalue weighted by atomic mass is 9.85. The highest BCUT2D eigenvalue weighted by molar-refractivity contribution is 5.78. The SMILES string of the molecule is CC(C)(CC(=O)O)CC(=O)N[C@H]1CO[C@H]2[C@@H]1OC[C@@H]2n1nnnc1Oc1ccc2c(c1)OCO2. The minimum Gasteiger partial charge on any atom is -0.481 e. The summed E-state index contributed by atoms with van der Waals surface area (Å²) < 4.78 is 30.0. The Kier molecular flexibility index (Phi) is 5.73. The van der Waals surface area contributed by atoms with Crippen LogP contribution >= 0.6 is 0 Å². The molecular formula is C21H25N5O8. The second-order valence-corrected chi connectivity index (χ2v) is 9.27. The number of hydrogen-bond donors (Lipinski definition) is 2. The Morgan fingerprint density at radius 2 is 1.97 bits per heavy atom. The molecule has 0 spiro atoms. The lowest BCUT2D eigenvalue weighted by Gasteiger charge is -2.24. The van der Waals surface area contributed by atoms with Crippen LogP contribution in [0.5, 0.6) is 23.3 Å². The molecule has 2 fully saturated rings. The molecule has 13 nitrogen and oxygen atoms in total. The van der Waals surface area contributed by atoms with E-state index in [-0.39, 0.29) is 69.1 Å². The summed E-state index contributed by atoms with van der Waals surface area (Å²) in [6, 6.07) is 4.61. The van der Waals surface area contributed by atoms with Crippen LogP contribution in [0.4, 0.5) is 0 Å². The van der Waals surface area contributed by atoms with E-state index >= 15 is 0 Å². The number of nitrogens with zero attached hydrogens (tertiary/aromatic N) is 4. The van der Waals surface area contributed by atoms with Crippen molar-refractivity contribution in [3.8, 4) is 23.3 Å². The van der Waals surface area contributed by atoms with E-state index < -0.39 is 11.4 Å². The van der Waals surface area contributed by atoms with Crippen LogP contribution in [0.3, 0.4) is 0 Å². The summed E-state index contributed by atoms with van der Waals surface area (Å²) in [7, 11) is 0. The van der Waals surface area contributed by atoms with Gasteiger partial charge in [0.25, 0.3) is 0 Å². The number of carbonyl (C=O) groups is 2. The smallest absolute Gasteiger partial charge is 0.341 e. The van der Waals surface area contributed by atoms with Crippen molar-refractivity contribution in [2.24, 2.45) is 5.41 Å². The number of ether oxygens (including phenoxy) is 5. The van der Waals surface area contributed by atoms with E-state index in [9.17, 15) is 9.59 Å². The van der Waals surface area contributed by atoms with Crippen LogP contribution in [-0.2, 0) is 19.1 Å². The average molecular weight is 475 g/mol. The maximum atomic E-state index is 12.5. The average Bonchev–Trinajstić information content (AvgIpc) is 3.51. The zero-order valence-corrected chi connectivity index (χ0v) is 18.7. The van der Waals surface area contributed by atoms with E-state index in [0.29, 0.717) is 17.2 Å². The van der Waals surface area contributed by atoms with E-state index in [2.05, 4.69) is 20.8 Å². The molecule has 13 heteroatoms. The van der Waals surface area contributed by atoms with Gasteiger partial charge in [-0.3, -0.25) is 9.59 Å². The molecule has 0 aliphatic carbocycles. The van der Waals surface area contributed by atoms with E-state index in [4.69, 9.17) is 28.8 Å². The second kappa shape index (κ2) is 8.72. The number of aromatic nitrogens is 4. The molecule has 3 aliphatic heterocycles. The molecule has 4 atom stereocenters. The van der Waals surface area contributed by atoms with Crippen molar-refractivity contribution in [1.29, 1.82) is 0 Å². The lowest BCUT2D eigenvalue weighted by Crippen LogP contribution is -2.45. The van der Waals surface area contributed by atoms with Crippen LogP contribution < -0.4 is 19.5 Å². The summed E-state index contributed by atoms with van der Waals surface area (Å²) in [5.41, 5.74) is -0.665. The Morgan fingerprint density at radius 1 is 1.18 bits per heavy atom. The molecule has 182 valence electrons. The minimum absolute atomic E-state index is 0.0805. The molecule has 0 bridgehead atoms. The van der Waals surface area contributed by atoms with Crippen LogP contribution in [-0.4, -0.2) is 75.4 Å². The Hall–Kier alpha value is -3.45. The van der Waals surface area contributed by atoms with Crippen LogP contribution in [0.25, 0.3) is 0 Å². The van der Waals surface area contributed by atoms with Gasteiger partial charge >= 0.3 is 12.0 Å². The number of fused-ring (bicyclic) bond motifs is 2. The van der Waals surface area contributed by atoms with Crippen molar-refractivity contribution in [2.75, 3.05) is 20.0 Å². The number of amides is 1. The molecule has 1 aromatic carbocycles. The molecule has 0 saturated carbocycles. The number of nitrogens with one attached hydrogen (secondary N) is 1.